The molecular formula is C9H10N2. The smallest absolute Gasteiger partial charge is 0.0625 e. The molecule has 1 heterocycles. The van der Waals surface area contributed by atoms with E-state index in [1.54, 1.807) is 6.20 Å². The summed E-state index contributed by atoms with van der Waals surface area (Å²) in [5, 5.41) is 8.34. The normalized spacial score (nSPS) is 9.09. The summed E-state index contributed by atoms with van der Waals surface area (Å²) in [6.07, 6.45) is 3.08. The van der Waals surface area contributed by atoms with Gasteiger partial charge >= 0.3 is 0 Å². The van der Waals surface area contributed by atoms with Crippen LogP contribution < -0.4 is 0 Å². The molecule has 0 amide bonds. The van der Waals surface area contributed by atoms with Crippen molar-refractivity contribution in [2.45, 2.75) is 19.8 Å². The van der Waals surface area contributed by atoms with E-state index in [1.807, 2.05) is 19.1 Å². The van der Waals surface area contributed by atoms with Gasteiger partial charge in [0, 0.05) is 24.7 Å². The number of pyridine rings is 1. The largest absolute Gasteiger partial charge is 0.261 e. The van der Waals surface area contributed by atoms with Crippen molar-refractivity contribution in [3.8, 4) is 6.07 Å². The van der Waals surface area contributed by atoms with Gasteiger partial charge in [-0.05, 0) is 18.6 Å². The third-order valence-electron chi connectivity index (χ3n) is 1.59. The molecule has 0 aromatic carbocycles. The first kappa shape index (κ1) is 7.74. The van der Waals surface area contributed by atoms with Crippen LogP contribution in [0.2, 0.25) is 0 Å². The Morgan fingerprint density at radius 3 is 3.09 bits per heavy atom. The fourth-order valence-electron chi connectivity index (χ4n) is 0.954. The second kappa shape index (κ2) is 3.72. The van der Waals surface area contributed by atoms with Crippen LogP contribution in [0.15, 0.2) is 18.3 Å². The van der Waals surface area contributed by atoms with Crippen LogP contribution in [0.1, 0.15) is 17.7 Å². The predicted octanol–water partition coefficient (Wildman–Crippen LogP) is 1.85. The van der Waals surface area contributed by atoms with Crippen LogP contribution in [-0.2, 0) is 6.42 Å². The van der Waals surface area contributed by atoms with Gasteiger partial charge in [0.2, 0.25) is 0 Å². The van der Waals surface area contributed by atoms with E-state index in [1.165, 1.54) is 5.56 Å². The molecule has 2 heteroatoms. The van der Waals surface area contributed by atoms with Gasteiger partial charge in [-0.1, -0.05) is 6.07 Å². The molecule has 11 heavy (non-hydrogen) atoms. The van der Waals surface area contributed by atoms with Crippen LogP contribution in [0, 0.1) is 18.3 Å². The van der Waals surface area contributed by atoms with Crippen LogP contribution in [-0.4, -0.2) is 4.98 Å². The van der Waals surface area contributed by atoms with Gasteiger partial charge in [-0.25, -0.2) is 0 Å². The molecule has 1 rings (SSSR count). The first-order valence-corrected chi connectivity index (χ1v) is 3.62. The summed E-state index contributed by atoms with van der Waals surface area (Å²) in [5.41, 5.74) is 2.21. The van der Waals surface area contributed by atoms with E-state index in [2.05, 4.69) is 11.1 Å². The van der Waals surface area contributed by atoms with Crippen LogP contribution in [0.4, 0.5) is 0 Å². The second-order valence-corrected chi connectivity index (χ2v) is 2.43. The van der Waals surface area contributed by atoms with Crippen molar-refractivity contribution in [3.63, 3.8) is 0 Å². The Hall–Kier alpha value is -1.36. The molecule has 0 saturated carbocycles. The molecule has 0 fully saturated rings. The quantitative estimate of drug-likeness (QED) is 0.638. The van der Waals surface area contributed by atoms with Crippen molar-refractivity contribution in [3.05, 3.63) is 29.6 Å². The molecule has 0 spiro atoms. The highest BCUT2D eigenvalue weighted by molar-refractivity contribution is 5.17. The van der Waals surface area contributed by atoms with Crippen LogP contribution in [0.5, 0.6) is 0 Å². The maximum Gasteiger partial charge on any atom is 0.0625 e. The van der Waals surface area contributed by atoms with E-state index >= 15 is 0 Å². The highest BCUT2D eigenvalue weighted by Gasteiger charge is 1.96. The lowest BCUT2D eigenvalue weighted by Crippen LogP contribution is -1.91. The predicted molar refractivity (Wildman–Crippen MR) is 42.9 cm³/mol. The maximum atomic E-state index is 8.34. The lowest BCUT2D eigenvalue weighted by molar-refractivity contribution is 0.935. The topological polar surface area (TPSA) is 36.7 Å². The lowest BCUT2D eigenvalue weighted by atomic mass is 10.1. The molecule has 0 atom stereocenters. The summed E-state index contributed by atoms with van der Waals surface area (Å²) >= 11 is 0. The fourth-order valence-corrected chi connectivity index (χ4v) is 0.954. The molecule has 1 aromatic heterocycles. The number of hydrogen-bond donors (Lipinski definition) is 0. The van der Waals surface area contributed by atoms with E-state index < -0.39 is 0 Å². The summed E-state index contributed by atoms with van der Waals surface area (Å²) in [6.45, 7) is 2.01. The minimum absolute atomic E-state index is 0.553. The van der Waals surface area contributed by atoms with Gasteiger partial charge < -0.3 is 0 Å². The lowest BCUT2D eigenvalue weighted by Gasteiger charge is -1.99. The third-order valence-corrected chi connectivity index (χ3v) is 1.59. The molecule has 0 aliphatic rings. The van der Waals surface area contributed by atoms with Crippen molar-refractivity contribution in [1.82, 2.24) is 4.98 Å². The summed E-state index contributed by atoms with van der Waals surface area (Å²) in [4.78, 5) is 4.16. The van der Waals surface area contributed by atoms with Crippen molar-refractivity contribution in [2.24, 2.45) is 0 Å². The van der Waals surface area contributed by atoms with Gasteiger partial charge in [-0.2, -0.15) is 5.26 Å². The molecular weight excluding hydrogens is 136 g/mol. The van der Waals surface area contributed by atoms with Crippen molar-refractivity contribution in [1.29, 1.82) is 5.26 Å². The summed E-state index contributed by atoms with van der Waals surface area (Å²) in [6, 6.07) is 6.02. The SMILES string of the molecule is Cc1cccnc1CCC#N. The van der Waals surface area contributed by atoms with Crippen LogP contribution in [0.3, 0.4) is 0 Å². The molecule has 1 aromatic rings. The number of nitriles is 1. The van der Waals surface area contributed by atoms with E-state index in [-0.39, 0.29) is 0 Å². The van der Waals surface area contributed by atoms with Gasteiger partial charge in [-0.3, -0.25) is 4.98 Å². The van der Waals surface area contributed by atoms with Crippen LogP contribution >= 0.6 is 0 Å². The summed E-state index contributed by atoms with van der Waals surface area (Å²) < 4.78 is 0. The average Bonchev–Trinajstić information content (AvgIpc) is 2.03. The number of aryl methyl sites for hydroxylation is 2. The Bertz CT molecular complexity index is 273. The van der Waals surface area contributed by atoms with Gasteiger partial charge in [-0.15, -0.1) is 0 Å². The molecule has 0 saturated heterocycles. The van der Waals surface area contributed by atoms with E-state index in [0.717, 1.165) is 12.1 Å². The van der Waals surface area contributed by atoms with Crippen molar-refractivity contribution >= 4 is 0 Å². The number of aromatic nitrogens is 1. The van der Waals surface area contributed by atoms with E-state index in [0.29, 0.717) is 6.42 Å². The van der Waals surface area contributed by atoms with Crippen molar-refractivity contribution in [2.75, 3.05) is 0 Å². The standard InChI is InChI=1S/C9H10N2/c1-8-4-3-7-11-9(8)5-2-6-10/h3-4,7H,2,5H2,1H3. The molecule has 0 unspecified atom stereocenters. The molecule has 2 nitrogen and oxygen atoms in total. The third kappa shape index (κ3) is 2.05. The highest BCUT2D eigenvalue weighted by atomic mass is 14.7. The Labute approximate surface area is 66.5 Å². The minimum atomic E-state index is 0.553. The number of rotatable bonds is 2. The molecule has 0 radical (unpaired) electrons. The van der Waals surface area contributed by atoms with Gasteiger partial charge in [0.05, 0.1) is 6.07 Å². The Morgan fingerprint density at radius 1 is 1.64 bits per heavy atom. The van der Waals surface area contributed by atoms with Gasteiger partial charge in [0.25, 0.3) is 0 Å². The number of hydrogen-bond acceptors (Lipinski definition) is 2. The molecule has 56 valence electrons. The monoisotopic (exact) mass is 146 g/mol. The second-order valence-electron chi connectivity index (χ2n) is 2.43. The summed E-state index contributed by atoms with van der Waals surface area (Å²) in [7, 11) is 0. The molecule has 0 bridgehead atoms. The van der Waals surface area contributed by atoms with Crippen molar-refractivity contribution < 1.29 is 0 Å². The van der Waals surface area contributed by atoms with Crippen LogP contribution in [0.25, 0.3) is 0 Å². The average molecular weight is 146 g/mol. The Balaban J connectivity index is 2.71. The Morgan fingerprint density at radius 2 is 2.45 bits per heavy atom. The summed E-state index contributed by atoms with van der Waals surface area (Å²) in [5.74, 6) is 0. The molecule has 0 N–H and O–H groups in total. The maximum absolute atomic E-state index is 8.34. The zero-order valence-electron chi connectivity index (χ0n) is 6.54. The zero-order valence-corrected chi connectivity index (χ0v) is 6.54. The van der Waals surface area contributed by atoms with Gasteiger partial charge in [0.15, 0.2) is 0 Å². The van der Waals surface area contributed by atoms with Gasteiger partial charge in [0.1, 0.15) is 0 Å². The zero-order chi connectivity index (χ0) is 8.10. The highest BCUT2D eigenvalue weighted by Crippen LogP contribution is 2.04. The molecule has 0 aliphatic heterocycles. The first-order chi connectivity index (χ1) is 5.34. The Kier molecular flexibility index (Phi) is 2.62. The van der Waals surface area contributed by atoms with E-state index in [4.69, 9.17) is 5.26 Å². The fraction of sp³-hybridized carbons (Fsp3) is 0.333. The minimum Gasteiger partial charge on any atom is -0.261 e. The van der Waals surface area contributed by atoms with E-state index in [9.17, 15) is 0 Å². The number of nitrogens with zero attached hydrogens (tertiary/aromatic N) is 2. The first-order valence-electron chi connectivity index (χ1n) is 3.62. The molecule has 0 aliphatic carbocycles.